The van der Waals surface area contributed by atoms with Crippen molar-refractivity contribution in [2.75, 3.05) is 7.05 Å². The fourth-order valence-corrected chi connectivity index (χ4v) is 2.24. The predicted octanol–water partition coefficient (Wildman–Crippen LogP) is 0.115. The van der Waals surface area contributed by atoms with E-state index >= 15 is 0 Å². The third-order valence-corrected chi connectivity index (χ3v) is 3.59. The van der Waals surface area contributed by atoms with E-state index in [4.69, 9.17) is 29.2 Å². The molecule has 0 aliphatic heterocycles. The van der Waals surface area contributed by atoms with Crippen LogP contribution in [0.3, 0.4) is 0 Å². The molecule has 0 radical (unpaired) electrons. The van der Waals surface area contributed by atoms with Gasteiger partial charge in [0.05, 0.1) is 5.56 Å². The van der Waals surface area contributed by atoms with E-state index in [0.717, 1.165) is 0 Å². The molecule has 2 aromatic rings. The molecule has 2 aromatic heterocycles. The number of hydrogen-bond acceptors (Lipinski definition) is 7. The average molecular weight is 369 g/mol. The van der Waals surface area contributed by atoms with Gasteiger partial charge in [-0.05, 0) is 31.5 Å². The van der Waals surface area contributed by atoms with Crippen LogP contribution in [0.15, 0.2) is 22.0 Å². The summed E-state index contributed by atoms with van der Waals surface area (Å²) in [5, 5.41) is 2.85. The lowest BCUT2D eigenvalue weighted by Gasteiger charge is -2.09. The fraction of sp³-hybridized carbons (Fsp3) is 0.308. The number of rotatable bonds is 6. The fourth-order valence-electron chi connectivity index (χ4n) is 1.88. The smallest absolute Gasteiger partial charge is 0.326 e. The maximum atomic E-state index is 11.9. The summed E-state index contributed by atoms with van der Waals surface area (Å²) in [6.45, 7) is -0.0635. The summed E-state index contributed by atoms with van der Waals surface area (Å²) in [5.41, 5.74) is -0.0718. The molecule has 0 saturated carbocycles. The van der Waals surface area contributed by atoms with E-state index in [1.165, 1.54) is 17.0 Å². The summed E-state index contributed by atoms with van der Waals surface area (Å²) in [4.78, 5) is 42.8. The third kappa shape index (κ3) is 4.57. The van der Waals surface area contributed by atoms with E-state index in [0.29, 0.717) is 12.1 Å². The van der Waals surface area contributed by atoms with Gasteiger partial charge in [-0.3, -0.25) is 24.4 Å². The van der Waals surface area contributed by atoms with Gasteiger partial charge in [-0.2, -0.15) is 0 Å². The first-order chi connectivity index (χ1) is 11.4. The van der Waals surface area contributed by atoms with Crippen molar-refractivity contribution in [2.45, 2.75) is 19.7 Å². The van der Waals surface area contributed by atoms with Gasteiger partial charge in [0.15, 0.2) is 9.54 Å². The first-order valence-electron chi connectivity index (χ1n) is 6.84. The van der Waals surface area contributed by atoms with Crippen LogP contribution in [-0.4, -0.2) is 32.5 Å². The first kappa shape index (κ1) is 18.0. The van der Waals surface area contributed by atoms with E-state index < -0.39 is 11.5 Å². The maximum Gasteiger partial charge on any atom is 0.326 e. The van der Waals surface area contributed by atoms with Crippen molar-refractivity contribution in [1.82, 2.24) is 24.8 Å². The number of carbonyl (C=O) groups excluding carboxylic acids is 1. The number of H-pyrrole nitrogens is 3. The van der Waals surface area contributed by atoms with Crippen LogP contribution in [0, 0.1) is 9.54 Å². The van der Waals surface area contributed by atoms with Gasteiger partial charge in [0.2, 0.25) is 0 Å². The highest BCUT2D eigenvalue weighted by Gasteiger charge is 2.09. The molecule has 4 N–H and O–H groups in total. The molecule has 9 nitrogen and oxygen atoms in total. The van der Waals surface area contributed by atoms with Crippen LogP contribution < -0.4 is 16.4 Å². The Kier molecular flexibility index (Phi) is 5.95. The van der Waals surface area contributed by atoms with Gasteiger partial charge in [0.25, 0.3) is 11.1 Å². The number of nitrogens with one attached hydrogen (secondary N) is 4. The van der Waals surface area contributed by atoms with Crippen LogP contribution in [0.25, 0.3) is 0 Å². The Labute approximate surface area is 145 Å². The molecule has 2 rings (SSSR count). The minimum atomic E-state index is -0.601. The van der Waals surface area contributed by atoms with Crippen molar-refractivity contribution < 1.29 is 9.53 Å². The number of esters is 1. The normalized spacial score (nSPS) is 10.5. The molecule has 0 aliphatic rings. The number of nitrogens with zero attached hydrogens (tertiary/aromatic N) is 1. The first-order valence-corrected chi connectivity index (χ1v) is 7.66. The molecule has 0 aromatic carbocycles. The van der Waals surface area contributed by atoms with Gasteiger partial charge in [0.1, 0.15) is 13.2 Å². The number of carbonyl (C=O) groups is 1. The molecular weight excluding hydrogens is 354 g/mol. The van der Waals surface area contributed by atoms with Crippen molar-refractivity contribution in [3.8, 4) is 0 Å². The van der Waals surface area contributed by atoms with Crippen molar-refractivity contribution >= 4 is 30.4 Å². The van der Waals surface area contributed by atoms with E-state index in [-0.39, 0.29) is 33.8 Å². The summed E-state index contributed by atoms with van der Waals surface area (Å²) < 4.78 is 6.74. The molecule has 0 spiro atoms. The van der Waals surface area contributed by atoms with E-state index in [9.17, 15) is 14.4 Å². The SMILES string of the molecule is CNCc1cn(CC(=O)OCc2c[nH]c(=S)[nH]c2=O)c(=S)[nH]c1=O. The van der Waals surface area contributed by atoms with Gasteiger partial charge in [0, 0.05) is 24.5 Å². The molecule has 2 heterocycles. The summed E-state index contributed by atoms with van der Waals surface area (Å²) in [5.74, 6) is -0.601. The third-order valence-electron chi connectivity index (χ3n) is 3.04. The average Bonchev–Trinajstić information content (AvgIpc) is 2.51. The standard InChI is InChI=1S/C13H15N5O4S2/c1-14-2-7-4-18(13(24)17-10(7)20)5-9(19)22-6-8-3-15-12(23)16-11(8)21/h3-4,14H,2,5-6H2,1H3,(H,17,20,24)(H2,15,16,21,23). The Morgan fingerprint density at radius 2 is 1.96 bits per heavy atom. The lowest BCUT2D eigenvalue weighted by molar-refractivity contribution is -0.145. The molecule has 24 heavy (non-hydrogen) atoms. The number of ether oxygens (including phenoxy) is 1. The minimum absolute atomic E-state index is 0.110. The van der Waals surface area contributed by atoms with Crippen LogP contribution in [-0.2, 0) is 29.2 Å². The van der Waals surface area contributed by atoms with Crippen molar-refractivity contribution in [3.63, 3.8) is 0 Å². The zero-order chi connectivity index (χ0) is 17.7. The van der Waals surface area contributed by atoms with E-state index in [1.54, 1.807) is 7.05 Å². The van der Waals surface area contributed by atoms with Crippen molar-refractivity contribution in [1.29, 1.82) is 0 Å². The molecule has 0 bridgehead atoms. The van der Waals surface area contributed by atoms with Crippen LogP contribution in [0.2, 0.25) is 0 Å². The highest BCUT2D eigenvalue weighted by atomic mass is 32.1. The molecular formula is C13H15N5O4S2. The molecule has 0 fully saturated rings. The Bertz CT molecular complexity index is 972. The summed E-state index contributed by atoms with van der Waals surface area (Å²) >= 11 is 9.79. The van der Waals surface area contributed by atoms with Crippen LogP contribution in [0.4, 0.5) is 0 Å². The van der Waals surface area contributed by atoms with Gasteiger partial charge in [-0.25, -0.2) is 0 Å². The van der Waals surface area contributed by atoms with E-state index in [1.807, 2.05) is 0 Å². The summed E-state index contributed by atoms with van der Waals surface area (Å²) in [6, 6.07) is 0. The molecule has 0 amide bonds. The Balaban J connectivity index is 2.08. The van der Waals surface area contributed by atoms with Crippen LogP contribution in [0.1, 0.15) is 11.1 Å². The van der Waals surface area contributed by atoms with Crippen molar-refractivity contribution in [2.24, 2.45) is 0 Å². The zero-order valence-corrected chi connectivity index (χ0v) is 14.3. The second kappa shape index (κ2) is 7.95. The summed E-state index contributed by atoms with van der Waals surface area (Å²) in [6.07, 6.45) is 2.87. The highest BCUT2D eigenvalue weighted by molar-refractivity contribution is 7.71. The van der Waals surface area contributed by atoms with Crippen molar-refractivity contribution in [3.05, 3.63) is 53.8 Å². The van der Waals surface area contributed by atoms with Crippen LogP contribution in [0.5, 0.6) is 0 Å². The maximum absolute atomic E-state index is 11.9. The van der Waals surface area contributed by atoms with E-state index in [2.05, 4.69) is 20.3 Å². The number of aromatic amines is 3. The minimum Gasteiger partial charge on any atom is -0.459 e. The molecule has 0 aliphatic carbocycles. The topological polar surface area (TPSA) is 125 Å². The second-order valence-corrected chi connectivity index (χ2v) is 5.62. The predicted molar refractivity (Wildman–Crippen MR) is 90.7 cm³/mol. The van der Waals surface area contributed by atoms with Gasteiger partial charge in [-0.1, -0.05) is 0 Å². The Hall–Kier alpha value is -2.37. The zero-order valence-electron chi connectivity index (χ0n) is 12.7. The molecule has 128 valence electrons. The van der Waals surface area contributed by atoms with Gasteiger partial charge in [-0.15, -0.1) is 0 Å². The van der Waals surface area contributed by atoms with Gasteiger partial charge >= 0.3 is 5.97 Å². The van der Waals surface area contributed by atoms with Gasteiger partial charge < -0.3 is 19.6 Å². The Morgan fingerprint density at radius 3 is 2.62 bits per heavy atom. The number of hydrogen-bond donors (Lipinski definition) is 4. The lowest BCUT2D eigenvalue weighted by atomic mass is 10.3. The highest BCUT2D eigenvalue weighted by Crippen LogP contribution is 1.98. The monoisotopic (exact) mass is 369 g/mol. The molecule has 11 heteroatoms. The second-order valence-electron chi connectivity index (χ2n) is 4.83. The lowest BCUT2D eigenvalue weighted by Crippen LogP contribution is -2.24. The molecule has 0 atom stereocenters. The number of aromatic nitrogens is 4. The van der Waals surface area contributed by atoms with Crippen LogP contribution >= 0.6 is 24.4 Å². The quantitative estimate of drug-likeness (QED) is 0.421. The Morgan fingerprint density at radius 1 is 1.25 bits per heavy atom. The summed E-state index contributed by atoms with van der Waals surface area (Å²) in [7, 11) is 1.70. The molecule has 0 saturated heterocycles. The largest absolute Gasteiger partial charge is 0.459 e. The molecule has 0 unspecified atom stereocenters.